The molecule has 1 aromatic carbocycles. The summed E-state index contributed by atoms with van der Waals surface area (Å²) in [7, 11) is 0. The summed E-state index contributed by atoms with van der Waals surface area (Å²) >= 11 is 12.9. The van der Waals surface area contributed by atoms with Gasteiger partial charge in [-0.2, -0.15) is 0 Å². The molecule has 26 heavy (non-hydrogen) atoms. The van der Waals surface area contributed by atoms with Gasteiger partial charge in [0.15, 0.2) is 0 Å². The van der Waals surface area contributed by atoms with Crippen molar-refractivity contribution >= 4 is 23.2 Å². The van der Waals surface area contributed by atoms with Gasteiger partial charge in [-0.15, -0.1) is 0 Å². The van der Waals surface area contributed by atoms with Crippen molar-refractivity contribution in [3.63, 3.8) is 0 Å². The zero-order valence-corrected chi connectivity index (χ0v) is 16.1. The summed E-state index contributed by atoms with van der Waals surface area (Å²) in [5, 5.41) is 13.1. The van der Waals surface area contributed by atoms with Gasteiger partial charge in [0.25, 0.3) is 0 Å². The van der Waals surface area contributed by atoms with Gasteiger partial charge in [-0.3, -0.25) is 0 Å². The monoisotopic (exact) mass is 391 g/mol. The molecule has 4 nitrogen and oxygen atoms in total. The minimum Gasteiger partial charge on any atom is -0.360 e. The number of piperidine rings is 1. The second-order valence-electron chi connectivity index (χ2n) is 7.93. The summed E-state index contributed by atoms with van der Waals surface area (Å²) < 4.78 is 5.76. The third kappa shape index (κ3) is 3.18. The normalized spacial score (nSPS) is 27.8. The predicted molar refractivity (Wildman–Crippen MR) is 104 cm³/mol. The molecule has 3 heterocycles. The molecular formula is C20H23Cl2N3O. The molecule has 1 saturated carbocycles. The maximum Gasteiger partial charge on any atom is 0.144 e. The third-order valence-corrected chi connectivity index (χ3v) is 6.64. The number of nitrogens with one attached hydrogen (secondary N) is 2. The van der Waals surface area contributed by atoms with Crippen LogP contribution in [0.25, 0.3) is 11.3 Å². The first-order valence-corrected chi connectivity index (χ1v) is 10.4. The Hall–Kier alpha value is -1.07. The number of nitrogens with zero attached hydrogens (tertiary/aromatic N) is 1. The number of rotatable bonds is 5. The number of halogens is 2. The Morgan fingerprint density at radius 3 is 2.42 bits per heavy atom. The van der Waals surface area contributed by atoms with Gasteiger partial charge in [0.2, 0.25) is 0 Å². The minimum absolute atomic E-state index is 0.499. The standard InChI is InChI=1S/C20H23Cl2N3O/c21-16-2-1-3-17(22)18(16)19-15(20(26-25-19)11-4-5-11)10-23-14-8-12-6-7-13(9-14)24-12/h1-3,11-14,23-24H,4-10H2. The van der Waals surface area contributed by atoms with E-state index in [1.54, 1.807) is 0 Å². The van der Waals surface area contributed by atoms with Crippen molar-refractivity contribution in [3.8, 4) is 11.3 Å². The summed E-state index contributed by atoms with van der Waals surface area (Å²) in [4.78, 5) is 0. The molecule has 0 radical (unpaired) electrons. The first-order valence-electron chi connectivity index (χ1n) is 9.61. The average Bonchev–Trinajstić information content (AvgIpc) is 3.30. The van der Waals surface area contributed by atoms with E-state index in [0.717, 1.165) is 29.1 Å². The van der Waals surface area contributed by atoms with Crippen LogP contribution >= 0.6 is 23.2 Å². The molecule has 6 heteroatoms. The molecule has 2 unspecified atom stereocenters. The van der Waals surface area contributed by atoms with E-state index in [1.807, 2.05) is 18.2 Å². The summed E-state index contributed by atoms with van der Waals surface area (Å²) in [6, 6.07) is 7.47. The molecule has 2 atom stereocenters. The lowest BCUT2D eigenvalue weighted by Crippen LogP contribution is -2.46. The SMILES string of the molecule is Clc1cccc(Cl)c1-c1noc(C2CC2)c1CNC1CC2CCC(C1)N2. The van der Waals surface area contributed by atoms with Gasteiger partial charge in [0.05, 0.1) is 10.0 Å². The Morgan fingerprint density at radius 2 is 1.77 bits per heavy atom. The fourth-order valence-corrected chi connectivity index (χ4v) is 5.13. The number of hydrogen-bond donors (Lipinski definition) is 2. The highest BCUT2D eigenvalue weighted by Crippen LogP contribution is 2.46. The van der Waals surface area contributed by atoms with Gasteiger partial charge < -0.3 is 15.2 Å². The quantitative estimate of drug-likeness (QED) is 0.760. The Labute approximate surface area is 163 Å². The van der Waals surface area contributed by atoms with Crippen LogP contribution in [0.2, 0.25) is 10.0 Å². The molecule has 2 aliphatic heterocycles. The van der Waals surface area contributed by atoms with E-state index in [-0.39, 0.29) is 0 Å². The van der Waals surface area contributed by atoms with E-state index in [9.17, 15) is 0 Å². The van der Waals surface area contributed by atoms with E-state index in [4.69, 9.17) is 27.7 Å². The average molecular weight is 392 g/mol. The maximum atomic E-state index is 6.44. The smallest absolute Gasteiger partial charge is 0.144 e. The maximum absolute atomic E-state index is 6.44. The zero-order valence-electron chi connectivity index (χ0n) is 14.6. The highest BCUT2D eigenvalue weighted by Gasteiger charge is 2.35. The Bertz CT molecular complexity index is 785. The number of hydrogen-bond acceptors (Lipinski definition) is 4. The highest BCUT2D eigenvalue weighted by atomic mass is 35.5. The fourth-order valence-electron chi connectivity index (χ4n) is 4.55. The number of benzene rings is 1. The zero-order chi connectivity index (χ0) is 17.7. The molecule has 2 saturated heterocycles. The molecule has 2 N–H and O–H groups in total. The highest BCUT2D eigenvalue weighted by molar-refractivity contribution is 6.39. The van der Waals surface area contributed by atoms with E-state index in [1.165, 1.54) is 38.5 Å². The third-order valence-electron chi connectivity index (χ3n) is 6.01. The van der Waals surface area contributed by atoms with Crippen LogP contribution in [-0.4, -0.2) is 23.3 Å². The van der Waals surface area contributed by atoms with Crippen molar-refractivity contribution in [2.24, 2.45) is 0 Å². The summed E-state index contributed by atoms with van der Waals surface area (Å²) in [5.74, 6) is 1.51. The van der Waals surface area contributed by atoms with Crippen molar-refractivity contribution in [2.45, 2.75) is 69.1 Å². The van der Waals surface area contributed by atoms with Crippen molar-refractivity contribution in [1.29, 1.82) is 0 Å². The summed E-state index contributed by atoms with van der Waals surface area (Å²) in [5.41, 5.74) is 2.72. The number of aromatic nitrogens is 1. The van der Waals surface area contributed by atoms with E-state index in [0.29, 0.717) is 34.1 Å². The molecule has 1 aliphatic carbocycles. The summed E-state index contributed by atoms with van der Waals surface area (Å²) in [6.07, 6.45) is 7.37. The fraction of sp³-hybridized carbons (Fsp3) is 0.550. The van der Waals surface area contributed by atoms with Crippen molar-refractivity contribution in [2.75, 3.05) is 0 Å². The van der Waals surface area contributed by atoms with Crippen LogP contribution in [0, 0.1) is 0 Å². The lowest BCUT2D eigenvalue weighted by atomic mass is 9.98. The molecule has 138 valence electrons. The van der Waals surface area contributed by atoms with Gasteiger partial charge in [-0.1, -0.05) is 34.4 Å². The molecule has 0 spiro atoms. The van der Waals surface area contributed by atoms with Gasteiger partial charge in [0, 0.05) is 41.7 Å². The second kappa shape index (κ2) is 6.83. The van der Waals surface area contributed by atoms with Crippen molar-refractivity contribution in [3.05, 3.63) is 39.6 Å². The van der Waals surface area contributed by atoms with Crippen molar-refractivity contribution < 1.29 is 4.52 Å². The molecular weight excluding hydrogens is 369 g/mol. The van der Waals surface area contributed by atoms with Crippen LogP contribution in [0.15, 0.2) is 22.7 Å². The van der Waals surface area contributed by atoms with Crippen LogP contribution < -0.4 is 10.6 Å². The lowest BCUT2D eigenvalue weighted by Gasteiger charge is -2.30. The predicted octanol–water partition coefficient (Wildman–Crippen LogP) is 4.90. The molecule has 1 aromatic heterocycles. The molecule has 2 aromatic rings. The van der Waals surface area contributed by atoms with Crippen LogP contribution in [0.3, 0.4) is 0 Å². The second-order valence-corrected chi connectivity index (χ2v) is 8.75. The Morgan fingerprint density at radius 1 is 1.08 bits per heavy atom. The van der Waals surface area contributed by atoms with E-state index < -0.39 is 0 Å². The molecule has 3 fully saturated rings. The minimum atomic E-state index is 0.499. The number of fused-ring (bicyclic) bond motifs is 2. The lowest BCUT2D eigenvalue weighted by molar-refractivity contribution is 0.315. The van der Waals surface area contributed by atoms with Gasteiger partial charge in [-0.25, -0.2) is 0 Å². The van der Waals surface area contributed by atoms with Crippen LogP contribution in [0.5, 0.6) is 0 Å². The van der Waals surface area contributed by atoms with E-state index in [2.05, 4.69) is 15.8 Å². The molecule has 0 amide bonds. The first-order chi connectivity index (χ1) is 12.7. The Kier molecular flexibility index (Phi) is 4.48. The van der Waals surface area contributed by atoms with Crippen LogP contribution in [0.4, 0.5) is 0 Å². The topological polar surface area (TPSA) is 50.1 Å². The molecule has 5 rings (SSSR count). The molecule has 3 aliphatic rings. The molecule has 2 bridgehead atoms. The first kappa shape index (κ1) is 17.1. The van der Waals surface area contributed by atoms with Crippen molar-refractivity contribution in [1.82, 2.24) is 15.8 Å². The van der Waals surface area contributed by atoms with Gasteiger partial charge in [0.1, 0.15) is 11.5 Å². The largest absolute Gasteiger partial charge is 0.360 e. The summed E-state index contributed by atoms with van der Waals surface area (Å²) in [6.45, 7) is 0.760. The Balaban J connectivity index is 1.42. The van der Waals surface area contributed by atoms with Crippen LogP contribution in [0.1, 0.15) is 55.8 Å². The van der Waals surface area contributed by atoms with E-state index >= 15 is 0 Å². The van der Waals surface area contributed by atoms with Crippen LogP contribution in [-0.2, 0) is 6.54 Å². The van der Waals surface area contributed by atoms with Gasteiger partial charge >= 0.3 is 0 Å². The van der Waals surface area contributed by atoms with Gasteiger partial charge in [-0.05, 0) is 50.7 Å².